The van der Waals surface area contributed by atoms with Crippen molar-refractivity contribution in [2.75, 3.05) is 25.5 Å². The summed E-state index contributed by atoms with van der Waals surface area (Å²) in [6.07, 6.45) is 2.06. The highest BCUT2D eigenvalue weighted by molar-refractivity contribution is 6.42. The van der Waals surface area contributed by atoms with Crippen molar-refractivity contribution in [1.82, 2.24) is 4.90 Å². The number of nitrogens with zero attached hydrogens (tertiary/aromatic N) is 1. The van der Waals surface area contributed by atoms with E-state index in [0.29, 0.717) is 16.0 Å². The number of ketones is 1. The number of carbonyl (C=O) groups is 1. The van der Waals surface area contributed by atoms with Crippen LogP contribution in [0, 0.1) is 5.92 Å². The number of piperidine rings is 1. The van der Waals surface area contributed by atoms with Crippen molar-refractivity contribution in [1.29, 1.82) is 0 Å². The van der Waals surface area contributed by atoms with E-state index in [1.807, 2.05) is 60.7 Å². The van der Waals surface area contributed by atoms with Crippen LogP contribution >= 0.6 is 23.2 Å². The van der Waals surface area contributed by atoms with E-state index in [1.54, 1.807) is 6.07 Å². The molecule has 1 aliphatic rings. The topological polar surface area (TPSA) is 32.3 Å². The van der Waals surface area contributed by atoms with E-state index in [-0.39, 0.29) is 17.7 Å². The number of likely N-dealkylation sites (tertiary alicyclic amines) is 1. The average molecular weight is 467 g/mol. The molecule has 0 aliphatic carbocycles. The summed E-state index contributed by atoms with van der Waals surface area (Å²) in [7, 11) is 2.15. The molecular formula is C27H28Cl2N2O. The van der Waals surface area contributed by atoms with Gasteiger partial charge >= 0.3 is 0 Å². The molecule has 0 bridgehead atoms. The molecule has 3 aromatic rings. The number of hydrogen-bond donors (Lipinski definition) is 1. The van der Waals surface area contributed by atoms with Crippen molar-refractivity contribution < 1.29 is 4.79 Å². The molecular weight excluding hydrogens is 439 g/mol. The number of rotatable bonds is 7. The third-order valence-electron chi connectivity index (χ3n) is 6.38. The molecule has 1 fully saturated rings. The SMILES string of the molecule is CN1CCC(C(Nc2ccc(Cl)c(Cl)c2)C(C(=O)c2ccccc2)c2ccccc2)CC1. The lowest BCUT2D eigenvalue weighted by atomic mass is 9.75. The van der Waals surface area contributed by atoms with Gasteiger partial charge in [0.05, 0.1) is 16.0 Å². The fourth-order valence-corrected chi connectivity index (χ4v) is 4.90. The second-order valence-corrected chi connectivity index (χ2v) is 9.37. The molecule has 4 rings (SSSR count). The van der Waals surface area contributed by atoms with Crippen molar-refractivity contribution in [3.05, 3.63) is 100 Å². The number of hydrogen-bond acceptors (Lipinski definition) is 3. The second-order valence-electron chi connectivity index (χ2n) is 8.56. The second kappa shape index (κ2) is 10.5. The smallest absolute Gasteiger partial charge is 0.172 e. The summed E-state index contributed by atoms with van der Waals surface area (Å²) in [5.41, 5.74) is 2.64. The highest BCUT2D eigenvalue weighted by atomic mass is 35.5. The van der Waals surface area contributed by atoms with Crippen LogP contribution in [-0.4, -0.2) is 36.9 Å². The van der Waals surface area contributed by atoms with Gasteiger partial charge in [-0.3, -0.25) is 4.79 Å². The van der Waals surface area contributed by atoms with Crippen LogP contribution < -0.4 is 5.32 Å². The third kappa shape index (κ3) is 5.35. The maximum Gasteiger partial charge on any atom is 0.172 e. The molecule has 0 spiro atoms. The van der Waals surface area contributed by atoms with Crippen LogP contribution in [0.2, 0.25) is 10.0 Å². The molecule has 3 aromatic carbocycles. The van der Waals surface area contributed by atoms with Gasteiger partial charge in [0.15, 0.2) is 5.78 Å². The van der Waals surface area contributed by atoms with E-state index in [0.717, 1.165) is 42.7 Å². The predicted octanol–water partition coefficient (Wildman–Crippen LogP) is 6.78. The fraction of sp³-hybridized carbons (Fsp3) is 0.296. The van der Waals surface area contributed by atoms with Gasteiger partial charge in [-0.05, 0) is 62.7 Å². The zero-order chi connectivity index (χ0) is 22.5. The van der Waals surface area contributed by atoms with Crippen molar-refractivity contribution in [2.24, 2.45) is 5.92 Å². The molecule has 0 saturated carbocycles. The van der Waals surface area contributed by atoms with Crippen molar-refractivity contribution >= 4 is 34.7 Å². The van der Waals surface area contributed by atoms with Crippen LogP contribution in [0.25, 0.3) is 0 Å². The van der Waals surface area contributed by atoms with Gasteiger partial charge in [-0.15, -0.1) is 0 Å². The van der Waals surface area contributed by atoms with Gasteiger partial charge in [0.25, 0.3) is 0 Å². The van der Waals surface area contributed by atoms with Gasteiger partial charge in [-0.1, -0.05) is 83.9 Å². The molecule has 32 heavy (non-hydrogen) atoms. The van der Waals surface area contributed by atoms with Crippen LogP contribution in [0.3, 0.4) is 0 Å². The Morgan fingerprint density at radius 3 is 2.16 bits per heavy atom. The van der Waals surface area contributed by atoms with E-state index in [1.165, 1.54) is 0 Å². The first-order valence-electron chi connectivity index (χ1n) is 11.1. The summed E-state index contributed by atoms with van der Waals surface area (Å²) in [4.78, 5) is 16.3. The number of nitrogens with one attached hydrogen (secondary N) is 1. The minimum atomic E-state index is -0.318. The van der Waals surface area contributed by atoms with Gasteiger partial charge in [0.2, 0.25) is 0 Å². The van der Waals surface area contributed by atoms with Crippen molar-refractivity contribution in [3.63, 3.8) is 0 Å². The van der Waals surface area contributed by atoms with Gasteiger partial charge in [-0.25, -0.2) is 0 Å². The van der Waals surface area contributed by atoms with Gasteiger partial charge in [0.1, 0.15) is 0 Å². The van der Waals surface area contributed by atoms with E-state index in [9.17, 15) is 4.79 Å². The third-order valence-corrected chi connectivity index (χ3v) is 7.12. The molecule has 0 radical (unpaired) electrons. The van der Waals surface area contributed by atoms with Gasteiger partial charge < -0.3 is 10.2 Å². The maximum absolute atomic E-state index is 13.9. The highest BCUT2D eigenvalue weighted by Crippen LogP contribution is 2.36. The lowest BCUT2D eigenvalue weighted by Gasteiger charge is -2.39. The first kappa shape index (κ1) is 22.8. The Labute approximate surface area is 200 Å². The molecule has 1 saturated heterocycles. The summed E-state index contributed by atoms with van der Waals surface area (Å²) < 4.78 is 0. The number of halogens is 2. The standard InChI is InChI=1S/C27H28Cl2N2O/c1-31-16-14-20(15-17-31)26(30-22-12-13-23(28)24(29)18-22)25(19-8-4-2-5-9-19)27(32)21-10-6-3-7-11-21/h2-13,18,20,25-26,30H,14-17H2,1H3. The molecule has 166 valence electrons. The molecule has 1 aliphatic heterocycles. The molecule has 0 amide bonds. The molecule has 0 aromatic heterocycles. The average Bonchev–Trinajstić information content (AvgIpc) is 2.83. The van der Waals surface area contributed by atoms with Crippen LogP contribution in [0.1, 0.15) is 34.7 Å². The normalized spacial score (nSPS) is 17.0. The Morgan fingerprint density at radius 1 is 0.906 bits per heavy atom. The summed E-state index contributed by atoms with van der Waals surface area (Å²) in [6.45, 7) is 2.04. The zero-order valence-corrected chi connectivity index (χ0v) is 19.7. The predicted molar refractivity (Wildman–Crippen MR) is 134 cm³/mol. The zero-order valence-electron chi connectivity index (χ0n) is 18.2. The number of carbonyl (C=O) groups excluding carboxylic acids is 1. The molecule has 1 heterocycles. The molecule has 5 heteroatoms. The van der Waals surface area contributed by atoms with Crippen molar-refractivity contribution in [2.45, 2.75) is 24.8 Å². The number of Topliss-reactive ketones (excluding diaryl/α,β-unsaturated/α-hetero) is 1. The number of anilines is 1. The molecule has 2 atom stereocenters. The Kier molecular flexibility index (Phi) is 7.51. The lowest BCUT2D eigenvalue weighted by Crippen LogP contribution is -2.44. The molecule has 1 N–H and O–H groups in total. The maximum atomic E-state index is 13.9. The van der Waals surface area contributed by atoms with Gasteiger partial charge in [0, 0.05) is 17.3 Å². The quantitative estimate of drug-likeness (QED) is 0.389. The largest absolute Gasteiger partial charge is 0.381 e. The van der Waals surface area contributed by atoms with E-state index in [4.69, 9.17) is 23.2 Å². The van der Waals surface area contributed by atoms with Crippen LogP contribution in [0.4, 0.5) is 5.69 Å². The summed E-state index contributed by atoms with van der Waals surface area (Å²) in [5.74, 6) is 0.160. The molecule has 3 nitrogen and oxygen atoms in total. The van der Waals surface area contributed by atoms with Gasteiger partial charge in [-0.2, -0.15) is 0 Å². The van der Waals surface area contributed by atoms with Crippen LogP contribution in [0.15, 0.2) is 78.9 Å². The Morgan fingerprint density at radius 2 is 1.53 bits per heavy atom. The van der Waals surface area contributed by atoms with Crippen LogP contribution in [-0.2, 0) is 0 Å². The van der Waals surface area contributed by atoms with E-state index in [2.05, 4.69) is 29.4 Å². The van der Waals surface area contributed by atoms with Crippen molar-refractivity contribution in [3.8, 4) is 0 Å². The first-order chi connectivity index (χ1) is 15.5. The fourth-order valence-electron chi connectivity index (χ4n) is 4.60. The summed E-state index contributed by atoms with van der Waals surface area (Å²) in [6, 6.07) is 25.2. The van der Waals surface area contributed by atoms with E-state index >= 15 is 0 Å². The summed E-state index contributed by atoms with van der Waals surface area (Å²) >= 11 is 12.5. The van der Waals surface area contributed by atoms with Crippen LogP contribution in [0.5, 0.6) is 0 Å². The Bertz CT molecular complexity index is 1030. The Hall–Kier alpha value is -2.33. The highest BCUT2D eigenvalue weighted by Gasteiger charge is 2.37. The first-order valence-corrected chi connectivity index (χ1v) is 11.8. The Balaban J connectivity index is 1.76. The number of benzene rings is 3. The summed E-state index contributed by atoms with van der Waals surface area (Å²) in [5, 5.41) is 4.72. The lowest BCUT2D eigenvalue weighted by molar-refractivity contribution is 0.0924. The molecule has 2 unspecified atom stereocenters. The minimum absolute atomic E-state index is 0.0731. The minimum Gasteiger partial charge on any atom is -0.381 e. The van der Waals surface area contributed by atoms with E-state index < -0.39 is 0 Å². The monoisotopic (exact) mass is 466 g/mol.